The Kier molecular flexibility index (Phi) is 11.1. The van der Waals surface area contributed by atoms with Gasteiger partial charge < -0.3 is 23.4 Å². The maximum absolute atomic E-state index is 13.3. The molecular formula is C41H44N2O7SSi. The minimum Gasteiger partial charge on any atom is -0.447 e. The number of nitrogens with one attached hydrogen (secondary N) is 1. The van der Waals surface area contributed by atoms with Gasteiger partial charge in [-0.2, -0.15) is 0 Å². The lowest BCUT2D eigenvalue weighted by atomic mass is 9.80. The van der Waals surface area contributed by atoms with Gasteiger partial charge in [-0.3, -0.25) is 14.3 Å². The molecule has 6 rings (SSSR count). The van der Waals surface area contributed by atoms with Gasteiger partial charge in [-0.15, -0.1) is 0 Å². The van der Waals surface area contributed by atoms with Crippen LogP contribution in [0, 0.1) is 0 Å². The molecule has 2 heterocycles. The van der Waals surface area contributed by atoms with Crippen LogP contribution in [0.2, 0.25) is 18.1 Å². The quantitative estimate of drug-likeness (QED) is 0.0842. The number of para-hydroxylation sites is 1. The minimum atomic E-state index is -2.56. The van der Waals surface area contributed by atoms with E-state index in [2.05, 4.69) is 38.8 Å². The number of rotatable bonds is 11. The first-order chi connectivity index (χ1) is 24.9. The number of hydrogen-bond acceptors (Lipinski definition) is 8. The van der Waals surface area contributed by atoms with Crippen LogP contribution in [-0.2, 0) is 24.2 Å². The van der Waals surface area contributed by atoms with Crippen molar-refractivity contribution in [3.63, 3.8) is 0 Å². The summed E-state index contributed by atoms with van der Waals surface area (Å²) in [6.07, 6.45) is -2.17. The SMILES string of the molecule is CC(C)(C)[Si](C)(C)O[C@@H]1[C@@H](OC(=S)Oc2ccccc2)[C@@H](COC(c2ccccc2)(c2ccccc2)c2ccccc2)O[C@H]1n1ccc(=O)[nH]c1=O. The first-order valence-electron chi connectivity index (χ1n) is 17.3. The molecule has 0 bridgehead atoms. The van der Waals surface area contributed by atoms with Crippen LogP contribution in [0.4, 0.5) is 0 Å². The van der Waals surface area contributed by atoms with Crippen molar-refractivity contribution < 1.29 is 23.4 Å². The van der Waals surface area contributed by atoms with Crippen molar-refractivity contribution in [2.45, 2.75) is 69.0 Å². The summed E-state index contributed by atoms with van der Waals surface area (Å²) in [5, 5.41) is -0.347. The van der Waals surface area contributed by atoms with Crippen LogP contribution in [0.25, 0.3) is 0 Å². The Morgan fingerprint density at radius 2 is 1.27 bits per heavy atom. The van der Waals surface area contributed by atoms with Gasteiger partial charge in [0.1, 0.15) is 23.6 Å². The lowest BCUT2D eigenvalue weighted by Crippen LogP contribution is -2.51. The standard InChI is InChI=1S/C41H44N2O7SSi/c1-40(2,3)52(4,5)50-36-35(49-39(51)47-32-24-16-9-17-25-32)33(48-37(36)43-27-26-34(44)42-38(43)45)28-46-41(29-18-10-6-11-19-29,30-20-12-7-13-21-30)31-22-14-8-15-23-31/h6-27,33,35-37H,28H2,1-5H3,(H,42,44,45)/t33-,35+,36-,37-/m1/s1. The van der Waals surface area contributed by atoms with E-state index in [9.17, 15) is 9.59 Å². The van der Waals surface area contributed by atoms with E-state index in [1.54, 1.807) is 12.1 Å². The highest BCUT2D eigenvalue weighted by atomic mass is 32.1. The fourth-order valence-electron chi connectivity index (χ4n) is 6.17. The van der Waals surface area contributed by atoms with Gasteiger partial charge in [0.25, 0.3) is 5.56 Å². The highest BCUT2D eigenvalue weighted by molar-refractivity contribution is 7.79. The normalized spacial score (nSPS) is 19.2. The van der Waals surface area contributed by atoms with Crippen LogP contribution < -0.4 is 16.0 Å². The predicted molar refractivity (Wildman–Crippen MR) is 207 cm³/mol. The van der Waals surface area contributed by atoms with Gasteiger partial charge in [0.2, 0.25) is 0 Å². The Hall–Kier alpha value is -4.65. The van der Waals surface area contributed by atoms with Gasteiger partial charge in [-0.1, -0.05) is 130 Å². The molecule has 1 N–H and O–H groups in total. The van der Waals surface area contributed by atoms with Crippen LogP contribution in [0.1, 0.15) is 43.7 Å². The molecule has 0 saturated carbocycles. The van der Waals surface area contributed by atoms with E-state index in [0.717, 1.165) is 16.7 Å². The summed E-state index contributed by atoms with van der Waals surface area (Å²) in [7, 11) is -2.56. The second kappa shape index (κ2) is 15.5. The van der Waals surface area contributed by atoms with Gasteiger partial charge >= 0.3 is 10.9 Å². The third-order valence-corrected chi connectivity index (χ3v) is 14.5. The van der Waals surface area contributed by atoms with E-state index >= 15 is 0 Å². The molecule has 0 radical (unpaired) electrons. The topological polar surface area (TPSA) is 101 Å². The van der Waals surface area contributed by atoms with Crippen molar-refractivity contribution >= 4 is 25.8 Å². The van der Waals surface area contributed by atoms with E-state index in [1.165, 1.54) is 16.8 Å². The van der Waals surface area contributed by atoms with Gasteiger partial charge in [0.15, 0.2) is 20.6 Å². The molecule has 1 fully saturated rings. The molecule has 52 heavy (non-hydrogen) atoms. The largest absolute Gasteiger partial charge is 0.447 e. The first-order valence-corrected chi connectivity index (χ1v) is 20.6. The maximum Gasteiger partial charge on any atom is 0.358 e. The molecule has 4 atom stereocenters. The average molecular weight is 737 g/mol. The van der Waals surface area contributed by atoms with Crippen molar-refractivity contribution in [2.75, 3.05) is 6.61 Å². The molecule has 0 unspecified atom stereocenters. The van der Waals surface area contributed by atoms with Crippen molar-refractivity contribution in [3.05, 3.63) is 171 Å². The van der Waals surface area contributed by atoms with E-state index in [1.807, 2.05) is 109 Å². The molecule has 270 valence electrons. The Labute approximate surface area is 310 Å². The number of nitrogens with zero attached hydrogens (tertiary/aromatic N) is 1. The molecule has 1 aliphatic heterocycles. The number of thiocarbonyl (C=S) groups is 1. The molecule has 1 saturated heterocycles. The summed E-state index contributed by atoms with van der Waals surface area (Å²) >= 11 is 5.68. The zero-order chi connectivity index (χ0) is 36.9. The van der Waals surface area contributed by atoms with E-state index < -0.39 is 49.7 Å². The predicted octanol–water partition coefficient (Wildman–Crippen LogP) is 7.58. The number of hydrogen-bond donors (Lipinski definition) is 1. The lowest BCUT2D eigenvalue weighted by Gasteiger charge is -2.40. The van der Waals surface area contributed by atoms with Crippen molar-refractivity contribution in [1.82, 2.24) is 9.55 Å². The molecule has 9 nitrogen and oxygen atoms in total. The Morgan fingerprint density at radius 3 is 1.75 bits per heavy atom. The fraction of sp³-hybridized carbons (Fsp3) is 0.293. The zero-order valence-electron chi connectivity index (χ0n) is 29.9. The monoisotopic (exact) mass is 736 g/mol. The smallest absolute Gasteiger partial charge is 0.358 e. The third-order valence-electron chi connectivity index (χ3n) is 9.83. The molecule has 0 amide bonds. The molecule has 1 aliphatic rings. The van der Waals surface area contributed by atoms with Gasteiger partial charge in [0.05, 0.1) is 6.61 Å². The summed E-state index contributed by atoms with van der Waals surface area (Å²) in [5.74, 6) is 0.505. The summed E-state index contributed by atoms with van der Waals surface area (Å²) in [6, 6.07) is 40.5. The lowest BCUT2D eigenvalue weighted by molar-refractivity contribution is -0.0952. The summed E-state index contributed by atoms with van der Waals surface area (Å²) in [4.78, 5) is 27.9. The average Bonchev–Trinajstić information content (AvgIpc) is 3.44. The molecule has 11 heteroatoms. The molecular weight excluding hydrogens is 693 g/mol. The van der Waals surface area contributed by atoms with Crippen LogP contribution in [0.15, 0.2) is 143 Å². The van der Waals surface area contributed by atoms with Crippen LogP contribution in [-0.4, -0.2) is 48.0 Å². The Morgan fingerprint density at radius 1 is 0.769 bits per heavy atom. The highest BCUT2D eigenvalue weighted by Gasteiger charge is 2.54. The number of aromatic nitrogens is 2. The number of benzene rings is 4. The van der Waals surface area contributed by atoms with Crippen molar-refractivity contribution in [3.8, 4) is 5.75 Å². The van der Waals surface area contributed by atoms with E-state index in [0.29, 0.717) is 5.75 Å². The van der Waals surface area contributed by atoms with Gasteiger partial charge in [0, 0.05) is 24.5 Å². The Balaban J connectivity index is 1.46. The fourth-order valence-corrected chi connectivity index (χ4v) is 7.67. The molecule has 5 aromatic rings. The van der Waals surface area contributed by atoms with Crippen molar-refractivity contribution in [2.24, 2.45) is 0 Å². The Bertz CT molecular complexity index is 1960. The van der Waals surface area contributed by atoms with Crippen LogP contribution >= 0.6 is 12.2 Å². The second-order valence-corrected chi connectivity index (χ2v) is 19.4. The molecule has 0 aliphatic carbocycles. The maximum atomic E-state index is 13.3. The zero-order valence-corrected chi connectivity index (χ0v) is 31.7. The number of ether oxygens (including phenoxy) is 4. The van der Waals surface area contributed by atoms with Crippen LogP contribution in [0.5, 0.6) is 5.75 Å². The molecule has 0 spiro atoms. The number of H-pyrrole nitrogens is 1. The minimum absolute atomic E-state index is 0.0106. The number of aromatic amines is 1. The van der Waals surface area contributed by atoms with Gasteiger partial charge in [-0.05, 0) is 47.0 Å². The summed E-state index contributed by atoms with van der Waals surface area (Å²) in [6.45, 7) is 10.6. The van der Waals surface area contributed by atoms with Gasteiger partial charge in [-0.25, -0.2) is 4.79 Å². The molecule has 4 aromatic carbocycles. The summed E-state index contributed by atoms with van der Waals surface area (Å²) in [5.41, 5.74) is 0.498. The third kappa shape index (κ3) is 7.89. The highest BCUT2D eigenvalue weighted by Crippen LogP contribution is 2.45. The van der Waals surface area contributed by atoms with E-state index in [-0.39, 0.29) is 16.9 Å². The molecule has 1 aromatic heterocycles. The van der Waals surface area contributed by atoms with Crippen molar-refractivity contribution in [1.29, 1.82) is 0 Å². The van der Waals surface area contributed by atoms with Crippen LogP contribution in [0.3, 0.4) is 0 Å². The first kappa shape index (κ1) is 37.1. The van der Waals surface area contributed by atoms with E-state index in [4.69, 9.17) is 35.6 Å². The summed E-state index contributed by atoms with van der Waals surface area (Å²) < 4.78 is 34.8. The second-order valence-electron chi connectivity index (χ2n) is 14.3.